The van der Waals surface area contributed by atoms with Gasteiger partial charge in [0.1, 0.15) is 0 Å². The van der Waals surface area contributed by atoms with E-state index in [0.29, 0.717) is 0 Å². The third-order valence-corrected chi connectivity index (χ3v) is 0.667. The fraction of sp³-hybridized carbons (Fsp3) is 0. The van der Waals surface area contributed by atoms with Gasteiger partial charge in [0.05, 0.1) is 0 Å². The summed E-state index contributed by atoms with van der Waals surface area (Å²) in [7, 11) is 0. The molecule has 1 aromatic carbocycles. The Bertz CT molecular complexity index is 122. The molecule has 0 aliphatic rings. The van der Waals surface area contributed by atoms with Crippen LogP contribution in [0.3, 0.4) is 0 Å². The van der Waals surface area contributed by atoms with Crippen LogP contribution in [0.25, 0.3) is 0 Å². The van der Waals surface area contributed by atoms with E-state index >= 15 is 0 Å². The van der Waals surface area contributed by atoms with E-state index in [1.165, 1.54) is 0 Å². The third-order valence-electron chi connectivity index (χ3n) is 0.667. The van der Waals surface area contributed by atoms with Gasteiger partial charge in [-0.1, -0.05) is 36.4 Å². The minimum atomic E-state index is -0.250. The number of hydrogen-bond donors (Lipinski definition) is 1. The zero-order chi connectivity index (χ0) is 6.95. The Morgan fingerprint density at radius 1 is 0.692 bits per heavy atom. The van der Waals surface area contributed by atoms with Crippen LogP contribution in [-0.2, 0) is 4.79 Å². The Balaban J connectivity index is -0.0000000282. The summed E-state index contributed by atoms with van der Waals surface area (Å²) in [4.78, 5) is 8.36. The molecule has 0 atom stereocenters. The molecule has 0 bridgehead atoms. The van der Waals surface area contributed by atoms with E-state index < -0.39 is 0 Å². The molecule has 80 valence electrons. The smallest absolute Gasteiger partial charge is 0.290 e. The Hall–Kier alpha value is -0.150. The summed E-state index contributed by atoms with van der Waals surface area (Å²) >= 11 is 0. The molecule has 13 heavy (non-hydrogen) atoms. The van der Waals surface area contributed by atoms with Gasteiger partial charge >= 0.3 is 0 Å². The Labute approximate surface area is 102 Å². The minimum Gasteiger partial charge on any atom is -0.483 e. The molecule has 1 N–H and O–H groups in total. The topological polar surface area (TPSA) is 37.3 Å². The Morgan fingerprint density at radius 3 is 0.846 bits per heavy atom. The predicted molar refractivity (Wildman–Crippen MR) is 64.1 cm³/mol. The number of halogens is 4. The molecule has 0 fully saturated rings. The van der Waals surface area contributed by atoms with Gasteiger partial charge in [0.15, 0.2) is 0 Å². The average molecular weight is 270 g/mol. The highest BCUT2D eigenvalue weighted by Gasteiger charge is 1.57. The van der Waals surface area contributed by atoms with E-state index in [0.717, 1.165) is 0 Å². The second-order valence-corrected chi connectivity index (χ2v) is 1.26. The van der Waals surface area contributed by atoms with Crippen LogP contribution in [0.2, 0.25) is 0 Å². The Morgan fingerprint density at radius 2 is 0.769 bits per heavy atom. The van der Waals surface area contributed by atoms with Gasteiger partial charge in [-0.2, -0.15) is 0 Å². The molecule has 0 amide bonds. The van der Waals surface area contributed by atoms with Crippen molar-refractivity contribution in [2.24, 2.45) is 0 Å². The number of carbonyl (C=O) groups is 1. The van der Waals surface area contributed by atoms with Crippen molar-refractivity contribution in [3.8, 4) is 0 Å². The standard InChI is InChI=1S/C6H6.CH2O2.4ClH/c1-2-4-6-5-3-1;2-1-3;;;;/h1-6H;1H,(H,2,3);4*1H. The first-order valence-electron chi connectivity index (χ1n) is 2.49. The molecule has 6 heteroatoms. The van der Waals surface area contributed by atoms with Crippen molar-refractivity contribution in [3.63, 3.8) is 0 Å². The molecule has 0 spiro atoms. The summed E-state index contributed by atoms with van der Waals surface area (Å²) in [5, 5.41) is 6.89. The molecule has 2 nitrogen and oxygen atoms in total. The molecule has 0 aliphatic carbocycles. The normalized spacial score (nSPS) is 4.62. The van der Waals surface area contributed by atoms with Crippen LogP contribution in [0.15, 0.2) is 36.4 Å². The van der Waals surface area contributed by atoms with Crippen LogP contribution in [0.4, 0.5) is 0 Å². The van der Waals surface area contributed by atoms with Crippen molar-refractivity contribution < 1.29 is 9.90 Å². The van der Waals surface area contributed by atoms with Gasteiger partial charge in [-0.25, -0.2) is 0 Å². The minimum absolute atomic E-state index is 0. The van der Waals surface area contributed by atoms with Crippen molar-refractivity contribution in [1.82, 2.24) is 0 Å². The maximum absolute atomic E-state index is 8.36. The largest absolute Gasteiger partial charge is 0.483 e. The van der Waals surface area contributed by atoms with Crippen molar-refractivity contribution in [1.29, 1.82) is 0 Å². The van der Waals surface area contributed by atoms with E-state index in [1.807, 2.05) is 36.4 Å². The highest BCUT2D eigenvalue weighted by atomic mass is 35.5. The van der Waals surface area contributed by atoms with Crippen molar-refractivity contribution in [2.45, 2.75) is 0 Å². The van der Waals surface area contributed by atoms with Gasteiger partial charge in [0.25, 0.3) is 6.47 Å². The van der Waals surface area contributed by atoms with E-state index in [4.69, 9.17) is 9.90 Å². The second-order valence-electron chi connectivity index (χ2n) is 1.26. The van der Waals surface area contributed by atoms with Crippen LogP contribution in [0, 0.1) is 0 Å². The predicted octanol–water partition coefficient (Wildman–Crippen LogP) is 3.07. The van der Waals surface area contributed by atoms with Crippen LogP contribution in [0.1, 0.15) is 0 Å². The highest BCUT2D eigenvalue weighted by Crippen LogP contribution is 1.79. The van der Waals surface area contributed by atoms with Gasteiger partial charge < -0.3 is 5.11 Å². The summed E-state index contributed by atoms with van der Waals surface area (Å²) in [6.45, 7) is -0.250. The molecule has 0 unspecified atom stereocenters. The fourth-order valence-electron chi connectivity index (χ4n) is 0.385. The molecule has 0 aromatic heterocycles. The number of carboxylic acid groups (broad SMARTS) is 1. The zero-order valence-electron chi connectivity index (χ0n) is 6.53. The lowest BCUT2D eigenvalue weighted by Gasteiger charge is -1.69. The number of hydrogen-bond acceptors (Lipinski definition) is 1. The molecule has 0 saturated carbocycles. The number of benzene rings is 1. The van der Waals surface area contributed by atoms with Gasteiger partial charge in [-0.3, -0.25) is 4.79 Å². The van der Waals surface area contributed by atoms with Crippen molar-refractivity contribution in [2.75, 3.05) is 0 Å². The lowest BCUT2D eigenvalue weighted by molar-refractivity contribution is -0.122. The number of rotatable bonds is 0. The third kappa shape index (κ3) is 33.6. The molecule has 1 aromatic rings. The first-order chi connectivity index (χ1) is 4.41. The molecule has 0 radical (unpaired) electrons. The fourth-order valence-corrected chi connectivity index (χ4v) is 0.385. The summed E-state index contributed by atoms with van der Waals surface area (Å²) in [6.07, 6.45) is 0. The van der Waals surface area contributed by atoms with Crippen molar-refractivity contribution >= 4 is 56.1 Å². The van der Waals surface area contributed by atoms with E-state index in [-0.39, 0.29) is 56.1 Å². The molecule has 0 heterocycles. The lowest BCUT2D eigenvalue weighted by Crippen LogP contribution is -1.49. The first-order valence-corrected chi connectivity index (χ1v) is 2.49. The monoisotopic (exact) mass is 268 g/mol. The molecule has 0 aliphatic heterocycles. The van der Waals surface area contributed by atoms with Gasteiger partial charge in [0, 0.05) is 0 Å². The van der Waals surface area contributed by atoms with Crippen LogP contribution in [-0.4, -0.2) is 11.6 Å². The van der Waals surface area contributed by atoms with Gasteiger partial charge in [-0.05, 0) is 0 Å². The maximum Gasteiger partial charge on any atom is 0.290 e. The quantitative estimate of drug-likeness (QED) is 0.735. The van der Waals surface area contributed by atoms with E-state index in [2.05, 4.69) is 0 Å². The molecule has 0 saturated heterocycles. The van der Waals surface area contributed by atoms with E-state index in [9.17, 15) is 0 Å². The van der Waals surface area contributed by atoms with Crippen LogP contribution >= 0.6 is 49.6 Å². The molecular formula is C7H12Cl4O2. The maximum atomic E-state index is 8.36. The van der Waals surface area contributed by atoms with Crippen molar-refractivity contribution in [3.05, 3.63) is 36.4 Å². The average Bonchev–Trinajstić information content (AvgIpc) is 1.93. The molecular weight excluding hydrogens is 258 g/mol. The highest BCUT2D eigenvalue weighted by molar-refractivity contribution is 5.86. The Kier molecular flexibility index (Phi) is 67.0. The van der Waals surface area contributed by atoms with Crippen LogP contribution in [0.5, 0.6) is 0 Å². The van der Waals surface area contributed by atoms with E-state index in [1.54, 1.807) is 0 Å². The second kappa shape index (κ2) is 29.7. The SMILES string of the molecule is Cl.Cl.Cl.Cl.O=CO.c1ccccc1. The van der Waals surface area contributed by atoms with Gasteiger partial charge in [0.2, 0.25) is 0 Å². The van der Waals surface area contributed by atoms with Crippen LogP contribution < -0.4 is 0 Å². The summed E-state index contributed by atoms with van der Waals surface area (Å²) in [6, 6.07) is 12.0. The summed E-state index contributed by atoms with van der Waals surface area (Å²) in [5.74, 6) is 0. The summed E-state index contributed by atoms with van der Waals surface area (Å²) < 4.78 is 0. The van der Waals surface area contributed by atoms with Gasteiger partial charge in [-0.15, -0.1) is 49.6 Å². The molecule has 1 rings (SSSR count). The lowest BCUT2D eigenvalue weighted by atomic mass is 10.4. The summed E-state index contributed by atoms with van der Waals surface area (Å²) in [5.41, 5.74) is 0. The zero-order valence-corrected chi connectivity index (χ0v) is 9.80. The first kappa shape index (κ1) is 29.3.